The molecule has 0 bridgehead atoms. The molecule has 24 heavy (non-hydrogen) atoms. The zero-order chi connectivity index (χ0) is 16.9. The van der Waals surface area contributed by atoms with Crippen LogP contribution in [-0.2, 0) is 6.54 Å². The van der Waals surface area contributed by atoms with Gasteiger partial charge in [-0.05, 0) is 26.0 Å². The van der Waals surface area contributed by atoms with Gasteiger partial charge in [-0.25, -0.2) is 9.97 Å². The van der Waals surface area contributed by atoms with Crippen LogP contribution in [0.1, 0.15) is 17.3 Å². The van der Waals surface area contributed by atoms with Gasteiger partial charge in [-0.1, -0.05) is 6.07 Å². The first-order valence-corrected chi connectivity index (χ1v) is 8.22. The number of aryl methyl sites for hydroxylation is 2. The van der Waals surface area contributed by atoms with Crippen LogP contribution in [0, 0.1) is 13.8 Å². The number of anilines is 1. The maximum Gasteiger partial charge on any atom is 0.214 e. The molecule has 3 heterocycles. The molecule has 0 unspecified atom stereocenters. The molecule has 1 aliphatic heterocycles. The predicted molar refractivity (Wildman–Crippen MR) is 94.2 cm³/mol. The van der Waals surface area contributed by atoms with Gasteiger partial charge >= 0.3 is 0 Å². The van der Waals surface area contributed by atoms with Gasteiger partial charge in [0.1, 0.15) is 11.6 Å². The lowest BCUT2D eigenvalue weighted by Crippen LogP contribution is -2.52. The first-order chi connectivity index (χ1) is 11.7. The minimum atomic E-state index is 0.543. The number of nitrogens with one attached hydrogen (secondary N) is 1. The van der Waals surface area contributed by atoms with Crippen LogP contribution < -0.4 is 10.2 Å². The van der Waals surface area contributed by atoms with E-state index in [2.05, 4.69) is 36.1 Å². The topological polar surface area (TPSA) is 69.8 Å². The summed E-state index contributed by atoms with van der Waals surface area (Å²) in [7, 11) is 1.81. The van der Waals surface area contributed by atoms with Crippen molar-refractivity contribution in [1.29, 1.82) is 0 Å². The fourth-order valence-corrected chi connectivity index (χ4v) is 2.79. The van der Waals surface area contributed by atoms with Gasteiger partial charge in [0.15, 0.2) is 5.96 Å². The summed E-state index contributed by atoms with van der Waals surface area (Å²) in [6.45, 7) is 8.08. The molecule has 0 atom stereocenters. The van der Waals surface area contributed by atoms with Crippen molar-refractivity contribution >= 4 is 11.8 Å². The van der Waals surface area contributed by atoms with Gasteiger partial charge in [-0.15, -0.1) is 0 Å². The summed E-state index contributed by atoms with van der Waals surface area (Å²) in [5, 5.41) is 3.34. The summed E-state index contributed by atoms with van der Waals surface area (Å²) in [6, 6.07) is 6.02. The lowest BCUT2D eigenvalue weighted by Gasteiger charge is -2.36. The zero-order valence-corrected chi connectivity index (χ0v) is 14.5. The van der Waals surface area contributed by atoms with E-state index < -0.39 is 0 Å². The lowest BCUT2D eigenvalue weighted by molar-refractivity contribution is 0.367. The van der Waals surface area contributed by atoms with Crippen molar-refractivity contribution in [3.63, 3.8) is 0 Å². The highest BCUT2D eigenvalue weighted by Crippen LogP contribution is 2.13. The summed E-state index contributed by atoms with van der Waals surface area (Å²) in [5.74, 6) is 3.47. The van der Waals surface area contributed by atoms with Crippen LogP contribution in [0.2, 0.25) is 0 Å². The number of piperazine rings is 1. The van der Waals surface area contributed by atoms with E-state index in [1.54, 1.807) is 7.05 Å². The van der Waals surface area contributed by atoms with Crippen LogP contribution in [0.3, 0.4) is 0 Å². The first-order valence-electron chi connectivity index (χ1n) is 8.22. The largest absolute Gasteiger partial charge is 0.444 e. The van der Waals surface area contributed by atoms with Gasteiger partial charge in [0, 0.05) is 39.4 Å². The smallest absolute Gasteiger partial charge is 0.214 e. The molecule has 0 aromatic carbocycles. The van der Waals surface area contributed by atoms with Crippen molar-refractivity contribution in [2.24, 2.45) is 4.99 Å². The highest BCUT2D eigenvalue weighted by Gasteiger charge is 2.20. The highest BCUT2D eigenvalue weighted by molar-refractivity contribution is 5.80. The molecular formula is C17H24N6O. The molecule has 1 aliphatic rings. The van der Waals surface area contributed by atoms with Crippen LogP contribution in [0.15, 0.2) is 33.8 Å². The van der Waals surface area contributed by atoms with Crippen molar-refractivity contribution in [3.8, 4) is 0 Å². The number of hydrogen-bond acceptors (Lipinski definition) is 5. The molecule has 0 amide bonds. The van der Waals surface area contributed by atoms with Crippen LogP contribution in [0.4, 0.5) is 5.82 Å². The standard InChI is InChI=1S/C17H24N6O/c1-13-14(2)24-16(21-13)12-20-17(18-3)23-10-8-22(9-11-23)15-6-4-5-7-19-15/h4-7H,8-12H2,1-3H3,(H,18,20). The molecule has 3 rings (SSSR count). The first kappa shape index (κ1) is 16.3. The second-order valence-corrected chi connectivity index (χ2v) is 5.81. The van der Waals surface area contributed by atoms with Crippen molar-refractivity contribution in [1.82, 2.24) is 20.2 Å². The number of rotatable bonds is 3. The molecular weight excluding hydrogens is 304 g/mol. The average Bonchev–Trinajstić information content (AvgIpc) is 2.95. The van der Waals surface area contributed by atoms with E-state index in [0.29, 0.717) is 12.4 Å². The van der Waals surface area contributed by atoms with E-state index in [0.717, 1.165) is 49.4 Å². The van der Waals surface area contributed by atoms with Crippen LogP contribution in [-0.4, -0.2) is 54.1 Å². The Morgan fingerprint density at radius 3 is 2.62 bits per heavy atom. The van der Waals surface area contributed by atoms with E-state index in [1.165, 1.54) is 0 Å². The number of pyridine rings is 1. The van der Waals surface area contributed by atoms with E-state index in [-0.39, 0.29) is 0 Å². The molecule has 0 radical (unpaired) electrons. The summed E-state index contributed by atoms with van der Waals surface area (Å²) < 4.78 is 5.61. The number of aromatic nitrogens is 2. The predicted octanol–water partition coefficient (Wildman–Crippen LogP) is 1.58. The molecule has 2 aromatic rings. The van der Waals surface area contributed by atoms with Crippen molar-refractivity contribution in [2.75, 3.05) is 38.1 Å². The molecule has 7 nitrogen and oxygen atoms in total. The third-order valence-electron chi connectivity index (χ3n) is 4.23. The number of aliphatic imine (C=N–C) groups is 1. The van der Waals surface area contributed by atoms with E-state index in [4.69, 9.17) is 4.42 Å². The summed E-state index contributed by atoms with van der Waals surface area (Å²) in [6.07, 6.45) is 1.84. The van der Waals surface area contributed by atoms with Gasteiger partial charge in [-0.3, -0.25) is 4.99 Å². The zero-order valence-electron chi connectivity index (χ0n) is 14.5. The Balaban J connectivity index is 1.54. The minimum Gasteiger partial charge on any atom is -0.444 e. The van der Waals surface area contributed by atoms with Crippen LogP contribution in [0.5, 0.6) is 0 Å². The Bertz CT molecular complexity index is 669. The summed E-state index contributed by atoms with van der Waals surface area (Å²) in [5.41, 5.74) is 0.936. The maximum atomic E-state index is 5.61. The molecule has 2 aromatic heterocycles. The Morgan fingerprint density at radius 1 is 1.25 bits per heavy atom. The highest BCUT2D eigenvalue weighted by atomic mass is 16.4. The SMILES string of the molecule is CN=C(NCc1nc(C)c(C)o1)N1CCN(c2ccccn2)CC1. The van der Waals surface area contributed by atoms with Gasteiger partial charge in [0.2, 0.25) is 5.89 Å². The molecule has 0 saturated carbocycles. The number of guanidine groups is 1. The molecule has 7 heteroatoms. The molecule has 1 fully saturated rings. The Hall–Kier alpha value is -2.57. The Kier molecular flexibility index (Phi) is 4.98. The molecule has 0 aliphatic carbocycles. The normalized spacial score (nSPS) is 15.7. The molecule has 0 spiro atoms. The quantitative estimate of drug-likeness (QED) is 0.681. The minimum absolute atomic E-state index is 0.543. The lowest BCUT2D eigenvalue weighted by atomic mass is 10.3. The molecule has 128 valence electrons. The monoisotopic (exact) mass is 328 g/mol. The van der Waals surface area contributed by atoms with Gasteiger partial charge in [0.05, 0.1) is 12.2 Å². The van der Waals surface area contributed by atoms with Gasteiger partial charge in [-0.2, -0.15) is 0 Å². The fraction of sp³-hybridized carbons (Fsp3) is 0.471. The molecule has 1 N–H and O–H groups in total. The van der Waals surface area contributed by atoms with Crippen molar-refractivity contribution < 1.29 is 4.42 Å². The number of nitrogens with zero attached hydrogens (tertiary/aromatic N) is 5. The summed E-state index contributed by atoms with van der Waals surface area (Å²) >= 11 is 0. The van der Waals surface area contributed by atoms with Crippen molar-refractivity contribution in [3.05, 3.63) is 41.7 Å². The van der Waals surface area contributed by atoms with Crippen LogP contribution in [0.25, 0.3) is 0 Å². The van der Waals surface area contributed by atoms with E-state index in [1.807, 2.05) is 32.2 Å². The Labute approximate surface area is 142 Å². The third-order valence-corrected chi connectivity index (χ3v) is 4.23. The number of oxazole rings is 1. The second-order valence-electron chi connectivity index (χ2n) is 5.81. The average molecular weight is 328 g/mol. The fourth-order valence-electron chi connectivity index (χ4n) is 2.79. The number of hydrogen-bond donors (Lipinski definition) is 1. The summed E-state index contributed by atoms with van der Waals surface area (Å²) in [4.78, 5) is 17.7. The Morgan fingerprint density at radius 2 is 2.04 bits per heavy atom. The van der Waals surface area contributed by atoms with Gasteiger partial charge in [0.25, 0.3) is 0 Å². The van der Waals surface area contributed by atoms with E-state index in [9.17, 15) is 0 Å². The third kappa shape index (κ3) is 3.67. The molecule has 1 saturated heterocycles. The maximum absolute atomic E-state index is 5.61. The second kappa shape index (κ2) is 7.33. The van der Waals surface area contributed by atoms with E-state index >= 15 is 0 Å². The van der Waals surface area contributed by atoms with Gasteiger partial charge < -0.3 is 19.5 Å². The van der Waals surface area contributed by atoms with Crippen molar-refractivity contribution in [2.45, 2.75) is 20.4 Å². The van der Waals surface area contributed by atoms with Crippen LogP contribution >= 0.6 is 0 Å².